The molecule has 0 heterocycles. The van der Waals surface area contributed by atoms with E-state index in [4.69, 9.17) is 16.3 Å². The van der Waals surface area contributed by atoms with Crippen molar-refractivity contribution in [2.75, 3.05) is 11.9 Å². The number of ether oxygens (including phenoxy) is 1. The van der Waals surface area contributed by atoms with Gasteiger partial charge in [-0.05, 0) is 54.3 Å². The number of aryl methyl sites for hydroxylation is 2. The monoisotopic (exact) mass is 393 g/mol. The van der Waals surface area contributed by atoms with Gasteiger partial charge in [0.1, 0.15) is 0 Å². The highest BCUT2D eigenvalue weighted by Crippen LogP contribution is 2.15. The molecule has 0 saturated carbocycles. The predicted molar refractivity (Wildman–Crippen MR) is 111 cm³/mol. The normalized spacial score (nSPS) is 10.3. The number of carbonyl (C=O) groups is 2. The van der Waals surface area contributed by atoms with Crippen LogP contribution < -0.4 is 5.32 Å². The van der Waals surface area contributed by atoms with Gasteiger partial charge in [0, 0.05) is 10.7 Å². The Hall–Kier alpha value is -3.11. The van der Waals surface area contributed by atoms with Gasteiger partial charge in [-0.15, -0.1) is 0 Å². The van der Waals surface area contributed by atoms with Crippen molar-refractivity contribution in [3.05, 3.63) is 101 Å². The van der Waals surface area contributed by atoms with Gasteiger partial charge < -0.3 is 10.1 Å². The van der Waals surface area contributed by atoms with Gasteiger partial charge in [0.25, 0.3) is 5.91 Å². The van der Waals surface area contributed by atoms with Crippen LogP contribution in [0.25, 0.3) is 0 Å². The standard InChI is InChI=1S/C23H20ClNO3/c24-19-12-14-20(15-13-19)25-22(26)16-28-23(27)21-9-5-4-8-18(21)11-10-17-6-2-1-3-7-17/h1-9,12-15H,10-11,16H2,(H,25,26). The molecule has 4 nitrogen and oxygen atoms in total. The molecule has 1 N–H and O–H groups in total. The van der Waals surface area contributed by atoms with E-state index in [0.717, 1.165) is 12.0 Å². The van der Waals surface area contributed by atoms with Crippen molar-refractivity contribution in [3.63, 3.8) is 0 Å². The third-order valence-electron chi connectivity index (χ3n) is 4.23. The zero-order chi connectivity index (χ0) is 19.8. The summed E-state index contributed by atoms with van der Waals surface area (Å²) in [5.41, 5.74) is 3.17. The molecule has 1 amide bonds. The Labute approximate surface area is 169 Å². The number of anilines is 1. The molecule has 0 spiro atoms. The molecule has 3 aromatic rings. The summed E-state index contributed by atoms with van der Waals surface area (Å²) >= 11 is 5.82. The predicted octanol–water partition coefficient (Wildman–Crippen LogP) is 4.92. The molecular formula is C23H20ClNO3. The van der Waals surface area contributed by atoms with Crippen molar-refractivity contribution >= 4 is 29.2 Å². The van der Waals surface area contributed by atoms with Crippen LogP contribution in [0.3, 0.4) is 0 Å². The minimum Gasteiger partial charge on any atom is -0.452 e. The van der Waals surface area contributed by atoms with Crippen molar-refractivity contribution in [1.82, 2.24) is 0 Å². The minimum absolute atomic E-state index is 0.353. The first-order valence-electron chi connectivity index (χ1n) is 8.96. The lowest BCUT2D eigenvalue weighted by atomic mass is 10.00. The molecule has 0 saturated heterocycles. The van der Waals surface area contributed by atoms with Gasteiger partial charge in [-0.25, -0.2) is 4.79 Å². The molecule has 5 heteroatoms. The van der Waals surface area contributed by atoms with Gasteiger partial charge in [0.05, 0.1) is 5.56 Å². The molecule has 0 aliphatic rings. The highest BCUT2D eigenvalue weighted by atomic mass is 35.5. The fourth-order valence-corrected chi connectivity index (χ4v) is 2.93. The van der Waals surface area contributed by atoms with Gasteiger partial charge in [0.2, 0.25) is 0 Å². The molecule has 0 radical (unpaired) electrons. The maximum Gasteiger partial charge on any atom is 0.338 e. The van der Waals surface area contributed by atoms with Crippen molar-refractivity contribution < 1.29 is 14.3 Å². The molecule has 3 aromatic carbocycles. The maximum atomic E-state index is 12.5. The summed E-state index contributed by atoms with van der Waals surface area (Å²) in [5.74, 6) is -0.910. The molecule has 3 rings (SSSR count). The van der Waals surface area contributed by atoms with Crippen LogP contribution in [-0.2, 0) is 22.4 Å². The van der Waals surface area contributed by atoms with Crippen LogP contribution in [0, 0.1) is 0 Å². The van der Waals surface area contributed by atoms with Gasteiger partial charge >= 0.3 is 5.97 Å². The summed E-state index contributed by atoms with van der Waals surface area (Å²) in [5, 5.41) is 3.24. The second-order valence-electron chi connectivity index (χ2n) is 6.27. The first kappa shape index (κ1) is 19.6. The number of hydrogen-bond acceptors (Lipinski definition) is 3. The zero-order valence-electron chi connectivity index (χ0n) is 15.2. The zero-order valence-corrected chi connectivity index (χ0v) is 16.0. The van der Waals surface area contributed by atoms with E-state index < -0.39 is 11.9 Å². The molecule has 0 aliphatic heterocycles. The van der Waals surface area contributed by atoms with Crippen molar-refractivity contribution in [3.8, 4) is 0 Å². The smallest absolute Gasteiger partial charge is 0.338 e. The third-order valence-corrected chi connectivity index (χ3v) is 4.48. The second-order valence-corrected chi connectivity index (χ2v) is 6.71. The third kappa shape index (κ3) is 5.69. The summed E-state index contributed by atoms with van der Waals surface area (Å²) in [6, 6.07) is 24.1. The highest BCUT2D eigenvalue weighted by Gasteiger charge is 2.14. The molecule has 142 valence electrons. The van der Waals surface area contributed by atoms with Gasteiger partial charge in [0.15, 0.2) is 6.61 Å². The van der Waals surface area contributed by atoms with E-state index in [1.54, 1.807) is 36.4 Å². The number of amides is 1. The van der Waals surface area contributed by atoms with Crippen molar-refractivity contribution in [2.24, 2.45) is 0 Å². The van der Waals surface area contributed by atoms with Crippen LogP contribution in [0.15, 0.2) is 78.9 Å². The van der Waals surface area contributed by atoms with Gasteiger partial charge in [-0.1, -0.05) is 60.1 Å². The second kappa shape index (κ2) is 9.72. The van der Waals surface area contributed by atoms with E-state index in [1.807, 2.05) is 30.3 Å². The van der Waals surface area contributed by atoms with Crippen LogP contribution in [0.2, 0.25) is 5.02 Å². The lowest BCUT2D eigenvalue weighted by Crippen LogP contribution is -2.21. The maximum absolute atomic E-state index is 12.5. The van der Waals surface area contributed by atoms with E-state index >= 15 is 0 Å². The molecule has 0 aromatic heterocycles. The summed E-state index contributed by atoms with van der Waals surface area (Å²) in [6.45, 7) is -0.353. The molecule has 0 bridgehead atoms. The first-order valence-corrected chi connectivity index (χ1v) is 9.34. The number of rotatable bonds is 7. The Kier molecular flexibility index (Phi) is 6.82. The van der Waals surface area contributed by atoms with Gasteiger partial charge in [-0.3, -0.25) is 4.79 Å². The van der Waals surface area contributed by atoms with Crippen LogP contribution >= 0.6 is 11.6 Å². The Morgan fingerprint density at radius 3 is 2.25 bits per heavy atom. The van der Waals surface area contributed by atoms with E-state index in [0.29, 0.717) is 22.7 Å². The minimum atomic E-state index is -0.505. The molecule has 0 atom stereocenters. The fraction of sp³-hybridized carbons (Fsp3) is 0.130. The van der Waals surface area contributed by atoms with E-state index in [1.165, 1.54) is 5.56 Å². The summed E-state index contributed by atoms with van der Waals surface area (Å²) in [4.78, 5) is 24.5. The Balaban J connectivity index is 1.56. The van der Waals surface area contributed by atoms with Crippen molar-refractivity contribution in [1.29, 1.82) is 0 Å². The summed E-state index contributed by atoms with van der Waals surface area (Å²) < 4.78 is 5.20. The topological polar surface area (TPSA) is 55.4 Å². The number of nitrogens with one attached hydrogen (secondary N) is 1. The summed E-state index contributed by atoms with van der Waals surface area (Å²) in [7, 11) is 0. The van der Waals surface area contributed by atoms with E-state index in [9.17, 15) is 9.59 Å². The number of benzene rings is 3. The number of halogens is 1. The van der Waals surface area contributed by atoms with Crippen LogP contribution in [-0.4, -0.2) is 18.5 Å². The molecule has 0 aliphatic carbocycles. The average molecular weight is 394 g/mol. The Bertz CT molecular complexity index is 940. The molecule has 0 unspecified atom stereocenters. The molecular weight excluding hydrogens is 374 g/mol. The van der Waals surface area contributed by atoms with Gasteiger partial charge in [-0.2, -0.15) is 0 Å². The first-order chi connectivity index (χ1) is 13.6. The van der Waals surface area contributed by atoms with Crippen LogP contribution in [0.1, 0.15) is 21.5 Å². The summed E-state index contributed by atoms with van der Waals surface area (Å²) in [6.07, 6.45) is 1.54. The number of esters is 1. The van der Waals surface area contributed by atoms with Crippen LogP contribution in [0.5, 0.6) is 0 Å². The number of hydrogen-bond donors (Lipinski definition) is 1. The lowest BCUT2D eigenvalue weighted by Gasteiger charge is -2.10. The highest BCUT2D eigenvalue weighted by molar-refractivity contribution is 6.30. The Morgan fingerprint density at radius 1 is 0.821 bits per heavy atom. The van der Waals surface area contributed by atoms with Crippen LogP contribution in [0.4, 0.5) is 5.69 Å². The fourth-order valence-electron chi connectivity index (χ4n) is 2.80. The van der Waals surface area contributed by atoms with Crippen molar-refractivity contribution in [2.45, 2.75) is 12.8 Å². The molecule has 0 fully saturated rings. The Morgan fingerprint density at radius 2 is 1.50 bits per heavy atom. The quantitative estimate of drug-likeness (QED) is 0.579. The largest absolute Gasteiger partial charge is 0.452 e. The number of carbonyl (C=O) groups excluding carboxylic acids is 2. The average Bonchev–Trinajstić information content (AvgIpc) is 2.73. The lowest BCUT2D eigenvalue weighted by molar-refractivity contribution is -0.119. The SMILES string of the molecule is O=C(COC(=O)c1ccccc1CCc1ccccc1)Nc1ccc(Cl)cc1. The molecule has 28 heavy (non-hydrogen) atoms. The van der Waals surface area contributed by atoms with E-state index in [2.05, 4.69) is 17.4 Å². The van der Waals surface area contributed by atoms with E-state index in [-0.39, 0.29) is 6.61 Å².